The predicted octanol–water partition coefficient (Wildman–Crippen LogP) is 4.24. The fourth-order valence-corrected chi connectivity index (χ4v) is 2.77. The maximum absolute atomic E-state index is 4.55. The highest BCUT2D eigenvalue weighted by molar-refractivity contribution is 6.23. The van der Waals surface area contributed by atoms with Crippen molar-refractivity contribution in [3.63, 3.8) is 0 Å². The second-order valence-corrected chi connectivity index (χ2v) is 4.87. The van der Waals surface area contributed by atoms with Crippen LogP contribution in [-0.2, 0) is 0 Å². The number of aryl methyl sites for hydroxylation is 1. The van der Waals surface area contributed by atoms with Crippen molar-refractivity contribution in [2.75, 3.05) is 0 Å². The molecule has 0 N–H and O–H groups in total. The maximum Gasteiger partial charge on any atom is 0.0802 e. The van der Waals surface area contributed by atoms with E-state index in [4.69, 9.17) is 0 Å². The molecule has 90 valence electrons. The van der Waals surface area contributed by atoms with Gasteiger partial charge in [-0.2, -0.15) is 0 Å². The van der Waals surface area contributed by atoms with E-state index in [1.165, 1.54) is 27.1 Å². The van der Waals surface area contributed by atoms with Crippen molar-refractivity contribution < 1.29 is 0 Å². The molecule has 2 heterocycles. The van der Waals surface area contributed by atoms with E-state index in [1.54, 1.807) is 0 Å². The molecule has 2 aromatic carbocycles. The van der Waals surface area contributed by atoms with Crippen LogP contribution in [0.2, 0.25) is 0 Å². The molecule has 4 aromatic rings. The van der Waals surface area contributed by atoms with E-state index in [9.17, 15) is 0 Å². The Labute approximate surface area is 110 Å². The van der Waals surface area contributed by atoms with E-state index >= 15 is 0 Å². The van der Waals surface area contributed by atoms with Gasteiger partial charge in [-0.05, 0) is 35.2 Å². The first kappa shape index (κ1) is 10.4. The predicted molar refractivity (Wildman–Crippen MR) is 79.3 cm³/mol. The molecule has 0 saturated carbocycles. The second kappa shape index (κ2) is 3.75. The van der Waals surface area contributed by atoms with Gasteiger partial charge in [0.2, 0.25) is 0 Å². The zero-order valence-corrected chi connectivity index (χ0v) is 10.6. The summed E-state index contributed by atoms with van der Waals surface area (Å²) >= 11 is 0. The van der Waals surface area contributed by atoms with Crippen LogP contribution in [0, 0.1) is 6.92 Å². The Balaban J connectivity index is 2.43. The summed E-state index contributed by atoms with van der Waals surface area (Å²) in [5, 5.41) is 6.07. The van der Waals surface area contributed by atoms with Crippen molar-refractivity contribution in [1.29, 1.82) is 0 Å². The lowest BCUT2D eigenvalue weighted by molar-refractivity contribution is 1.36. The number of rotatable bonds is 0. The fourth-order valence-electron chi connectivity index (χ4n) is 2.77. The fraction of sp³-hybridized carbons (Fsp3) is 0.0588. The van der Waals surface area contributed by atoms with Crippen molar-refractivity contribution in [3.05, 3.63) is 60.6 Å². The Hall–Kier alpha value is -2.48. The van der Waals surface area contributed by atoms with E-state index < -0.39 is 0 Å². The van der Waals surface area contributed by atoms with Crippen LogP contribution in [0.4, 0.5) is 0 Å². The van der Waals surface area contributed by atoms with Crippen LogP contribution in [0.3, 0.4) is 0 Å². The largest absolute Gasteiger partial charge is 0.264 e. The SMILES string of the molecule is Cc1ccc2c(c1)c1cccnc1c1cnccc21. The van der Waals surface area contributed by atoms with E-state index in [-0.39, 0.29) is 0 Å². The molecule has 0 aliphatic carbocycles. The van der Waals surface area contributed by atoms with Gasteiger partial charge in [0.15, 0.2) is 0 Å². The Morgan fingerprint density at radius 2 is 1.68 bits per heavy atom. The second-order valence-electron chi connectivity index (χ2n) is 4.87. The molecule has 2 heteroatoms. The molecule has 2 nitrogen and oxygen atoms in total. The van der Waals surface area contributed by atoms with Crippen LogP contribution in [0.5, 0.6) is 0 Å². The molecule has 19 heavy (non-hydrogen) atoms. The van der Waals surface area contributed by atoms with Crippen LogP contribution in [-0.4, -0.2) is 9.97 Å². The van der Waals surface area contributed by atoms with Crippen molar-refractivity contribution in [2.24, 2.45) is 0 Å². The first-order chi connectivity index (χ1) is 9.34. The molecule has 0 bridgehead atoms. The first-order valence-corrected chi connectivity index (χ1v) is 6.35. The van der Waals surface area contributed by atoms with Crippen LogP contribution in [0.15, 0.2) is 55.0 Å². The van der Waals surface area contributed by atoms with Crippen LogP contribution < -0.4 is 0 Å². The van der Waals surface area contributed by atoms with Gasteiger partial charge in [0.05, 0.1) is 5.52 Å². The maximum atomic E-state index is 4.55. The van der Waals surface area contributed by atoms with Crippen LogP contribution >= 0.6 is 0 Å². The zero-order chi connectivity index (χ0) is 12.8. The number of fused-ring (bicyclic) bond motifs is 6. The van der Waals surface area contributed by atoms with E-state index in [2.05, 4.69) is 47.2 Å². The summed E-state index contributed by atoms with van der Waals surface area (Å²) in [6, 6.07) is 12.8. The summed E-state index contributed by atoms with van der Waals surface area (Å²) in [6.45, 7) is 2.12. The Morgan fingerprint density at radius 3 is 2.63 bits per heavy atom. The number of aromatic nitrogens is 2. The van der Waals surface area contributed by atoms with Crippen molar-refractivity contribution in [3.8, 4) is 0 Å². The molecular weight excluding hydrogens is 232 g/mol. The monoisotopic (exact) mass is 244 g/mol. The molecule has 0 amide bonds. The molecule has 2 aromatic heterocycles. The van der Waals surface area contributed by atoms with Crippen molar-refractivity contribution in [2.45, 2.75) is 6.92 Å². The van der Waals surface area contributed by atoms with Crippen LogP contribution in [0.25, 0.3) is 32.4 Å². The smallest absolute Gasteiger partial charge is 0.0802 e. The third-order valence-corrected chi connectivity index (χ3v) is 3.64. The quantitative estimate of drug-likeness (QED) is 0.432. The molecule has 4 rings (SSSR count). The van der Waals surface area contributed by atoms with Gasteiger partial charge >= 0.3 is 0 Å². The van der Waals surface area contributed by atoms with E-state index in [0.29, 0.717) is 0 Å². The Bertz CT molecular complexity index is 891. The summed E-state index contributed by atoms with van der Waals surface area (Å²) in [7, 11) is 0. The molecule has 0 fully saturated rings. The van der Waals surface area contributed by atoms with Gasteiger partial charge in [-0.25, -0.2) is 0 Å². The van der Waals surface area contributed by atoms with Crippen molar-refractivity contribution >= 4 is 32.4 Å². The molecule has 0 saturated heterocycles. The van der Waals surface area contributed by atoms with Gasteiger partial charge in [0, 0.05) is 29.4 Å². The summed E-state index contributed by atoms with van der Waals surface area (Å²) in [5.41, 5.74) is 2.30. The van der Waals surface area contributed by atoms with Gasteiger partial charge in [-0.1, -0.05) is 29.8 Å². The minimum atomic E-state index is 1.03. The van der Waals surface area contributed by atoms with E-state index in [0.717, 1.165) is 10.9 Å². The van der Waals surface area contributed by atoms with Gasteiger partial charge in [-0.3, -0.25) is 9.97 Å². The lowest BCUT2D eigenvalue weighted by atomic mass is 9.97. The summed E-state index contributed by atoms with van der Waals surface area (Å²) in [4.78, 5) is 8.80. The molecule has 0 unspecified atom stereocenters. The molecule has 0 aliphatic heterocycles. The van der Waals surface area contributed by atoms with Gasteiger partial charge < -0.3 is 0 Å². The first-order valence-electron chi connectivity index (χ1n) is 6.35. The van der Waals surface area contributed by atoms with Gasteiger partial charge in [0.1, 0.15) is 0 Å². The molecule has 0 spiro atoms. The summed E-state index contributed by atoms with van der Waals surface area (Å²) < 4.78 is 0. The van der Waals surface area contributed by atoms with E-state index in [1.807, 2.05) is 24.7 Å². The average Bonchev–Trinajstić information content (AvgIpc) is 2.47. The normalized spacial score (nSPS) is 11.4. The van der Waals surface area contributed by atoms with Crippen molar-refractivity contribution in [1.82, 2.24) is 9.97 Å². The third-order valence-electron chi connectivity index (χ3n) is 3.64. The highest BCUT2D eigenvalue weighted by atomic mass is 14.7. The minimum absolute atomic E-state index is 1.03. The molecule has 0 aliphatic rings. The highest BCUT2D eigenvalue weighted by Gasteiger charge is 2.08. The lowest BCUT2D eigenvalue weighted by Gasteiger charge is -2.09. The molecule has 0 atom stereocenters. The number of hydrogen-bond acceptors (Lipinski definition) is 2. The van der Waals surface area contributed by atoms with Crippen LogP contribution in [0.1, 0.15) is 5.56 Å². The van der Waals surface area contributed by atoms with Gasteiger partial charge in [-0.15, -0.1) is 0 Å². The molecule has 0 radical (unpaired) electrons. The minimum Gasteiger partial charge on any atom is -0.264 e. The zero-order valence-electron chi connectivity index (χ0n) is 10.6. The van der Waals surface area contributed by atoms with Gasteiger partial charge in [0.25, 0.3) is 0 Å². The number of pyridine rings is 2. The summed E-state index contributed by atoms with van der Waals surface area (Å²) in [6.07, 6.45) is 5.59. The standard InChI is InChI=1S/C17H12N2/c1-11-4-5-12-13-6-8-18-10-16(13)17-14(15(12)9-11)3-2-7-19-17/h2-10H,1H3. The summed E-state index contributed by atoms with van der Waals surface area (Å²) in [5.74, 6) is 0. The average molecular weight is 244 g/mol. The highest BCUT2D eigenvalue weighted by Crippen LogP contribution is 2.33. The Kier molecular flexibility index (Phi) is 2.06. The topological polar surface area (TPSA) is 25.8 Å². The molecular formula is C17H12N2. The number of nitrogens with zero attached hydrogens (tertiary/aromatic N) is 2. The third kappa shape index (κ3) is 1.43. The Morgan fingerprint density at radius 1 is 0.789 bits per heavy atom. The number of benzene rings is 2. The number of hydrogen-bond donors (Lipinski definition) is 0. The lowest BCUT2D eigenvalue weighted by Crippen LogP contribution is -1.87.